The highest BCUT2D eigenvalue weighted by Gasteiger charge is 1.97. The summed E-state index contributed by atoms with van der Waals surface area (Å²) in [6, 6.07) is 6.42. The lowest BCUT2D eigenvalue weighted by atomic mass is 10.0. The molecule has 1 aromatic carbocycles. The summed E-state index contributed by atoms with van der Waals surface area (Å²) in [5, 5.41) is 2.79. The standard InChI is InChI=1S/C12H17NO/c1-9-4-5-12(8-10(9)2)6-7-13-11(3)14/h4-5,8H,6-7H2,1-3H3,(H,13,14). The number of hydrogen-bond donors (Lipinski definition) is 1. The minimum absolute atomic E-state index is 0.0360. The molecule has 0 atom stereocenters. The highest BCUT2D eigenvalue weighted by Crippen LogP contribution is 2.09. The van der Waals surface area contributed by atoms with Gasteiger partial charge >= 0.3 is 0 Å². The fraction of sp³-hybridized carbons (Fsp3) is 0.417. The van der Waals surface area contributed by atoms with E-state index in [4.69, 9.17) is 0 Å². The Labute approximate surface area is 85.3 Å². The van der Waals surface area contributed by atoms with E-state index in [1.807, 2.05) is 0 Å². The maximum absolute atomic E-state index is 10.6. The summed E-state index contributed by atoms with van der Waals surface area (Å²) in [7, 11) is 0. The van der Waals surface area contributed by atoms with Gasteiger partial charge in [0.1, 0.15) is 0 Å². The highest BCUT2D eigenvalue weighted by molar-refractivity contribution is 5.72. The summed E-state index contributed by atoms with van der Waals surface area (Å²) in [6.07, 6.45) is 0.903. The Kier molecular flexibility index (Phi) is 3.69. The second-order valence-electron chi connectivity index (χ2n) is 3.65. The van der Waals surface area contributed by atoms with Gasteiger partial charge in [0.2, 0.25) is 5.91 Å². The number of amides is 1. The molecule has 1 aromatic rings. The van der Waals surface area contributed by atoms with Crippen molar-refractivity contribution >= 4 is 5.91 Å². The second kappa shape index (κ2) is 4.80. The molecule has 1 N–H and O–H groups in total. The molecular formula is C12H17NO. The molecule has 0 aromatic heterocycles. The quantitative estimate of drug-likeness (QED) is 0.777. The zero-order valence-electron chi connectivity index (χ0n) is 9.05. The van der Waals surface area contributed by atoms with E-state index >= 15 is 0 Å². The number of rotatable bonds is 3. The van der Waals surface area contributed by atoms with Crippen molar-refractivity contribution < 1.29 is 4.79 Å². The van der Waals surface area contributed by atoms with E-state index in [2.05, 4.69) is 37.4 Å². The fourth-order valence-corrected chi connectivity index (χ4v) is 1.34. The summed E-state index contributed by atoms with van der Waals surface area (Å²) in [5.74, 6) is 0.0360. The molecule has 0 saturated carbocycles. The van der Waals surface area contributed by atoms with E-state index < -0.39 is 0 Å². The van der Waals surface area contributed by atoms with Crippen LogP contribution in [0.2, 0.25) is 0 Å². The first-order chi connectivity index (χ1) is 6.59. The molecule has 76 valence electrons. The van der Waals surface area contributed by atoms with Crippen molar-refractivity contribution in [3.8, 4) is 0 Å². The second-order valence-corrected chi connectivity index (χ2v) is 3.65. The molecule has 0 spiro atoms. The summed E-state index contributed by atoms with van der Waals surface area (Å²) in [4.78, 5) is 10.6. The number of nitrogens with one attached hydrogen (secondary N) is 1. The molecule has 0 bridgehead atoms. The van der Waals surface area contributed by atoms with E-state index in [1.54, 1.807) is 6.92 Å². The molecule has 14 heavy (non-hydrogen) atoms. The predicted molar refractivity (Wildman–Crippen MR) is 58.3 cm³/mol. The number of carbonyl (C=O) groups excluding carboxylic acids is 1. The van der Waals surface area contributed by atoms with Crippen LogP contribution in [0.4, 0.5) is 0 Å². The Bertz CT molecular complexity index is 331. The van der Waals surface area contributed by atoms with Gasteiger partial charge < -0.3 is 5.32 Å². The van der Waals surface area contributed by atoms with Gasteiger partial charge in [0, 0.05) is 13.5 Å². The van der Waals surface area contributed by atoms with Gasteiger partial charge in [-0.3, -0.25) is 4.79 Å². The maximum Gasteiger partial charge on any atom is 0.216 e. The number of benzene rings is 1. The predicted octanol–water partition coefficient (Wildman–Crippen LogP) is 1.98. The average molecular weight is 191 g/mol. The van der Waals surface area contributed by atoms with Crippen LogP contribution in [0.1, 0.15) is 23.6 Å². The van der Waals surface area contributed by atoms with Gasteiger partial charge in [-0.25, -0.2) is 0 Å². The zero-order chi connectivity index (χ0) is 10.6. The van der Waals surface area contributed by atoms with Crippen LogP contribution in [-0.4, -0.2) is 12.5 Å². The molecule has 1 amide bonds. The highest BCUT2D eigenvalue weighted by atomic mass is 16.1. The monoisotopic (exact) mass is 191 g/mol. The van der Waals surface area contributed by atoms with E-state index in [0.29, 0.717) is 0 Å². The van der Waals surface area contributed by atoms with Crippen LogP contribution in [0.25, 0.3) is 0 Å². The van der Waals surface area contributed by atoms with E-state index in [0.717, 1.165) is 13.0 Å². The van der Waals surface area contributed by atoms with Crippen LogP contribution in [0.15, 0.2) is 18.2 Å². The topological polar surface area (TPSA) is 29.1 Å². The normalized spacial score (nSPS) is 9.93. The minimum Gasteiger partial charge on any atom is -0.356 e. The number of hydrogen-bond acceptors (Lipinski definition) is 1. The first-order valence-corrected chi connectivity index (χ1v) is 4.90. The van der Waals surface area contributed by atoms with Crippen molar-refractivity contribution in [3.05, 3.63) is 34.9 Å². The molecule has 1 rings (SSSR count). The van der Waals surface area contributed by atoms with Crippen molar-refractivity contribution in [2.45, 2.75) is 27.2 Å². The Morgan fingerprint density at radius 2 is 2.00 bits per heavy atom. The number of carbonyl (C=O) groups is 1. The third-order valence-corrected chi connectivity index (χ3v) is 2.36. The van der Waals surface area contributed by atoms with Crippen LogP contribution in [0, 0.1) is 13.8 Å². The van der Waals surface area contributed by atoms with Crippen LogP contribution in [-0.2, 0) is 11.2 Å². The Hall–Kier alpha value is -1.31. The van der Waals surface area contributed by atoms with Gasteiger partial charge in [-0.15, -0.1) is 0 Å². The van der Waals surface area contributed by atoms with Crippen molar-refractivity contribution in [2.24, 2.45) is 0 Å². The van der Waals surface area contributed by atoms with Gasteiger partial charge in [0.05, 0.1) is 0 Å². The lowest BCUT2D eigenvalue weighted by molar-refractivity contribution is -0.118. The largest absolute Gasteiger partial charge is 0.356 e. The molecule has 0 fully saturated rings. The van der Waals surface area contributed by atoms with Gasteiger partial charge in [-0.1, -0.05) is 18.2 Å². The van der Waals surface area contributed by atoms with Gasteiger partial charge in [-0.05, 0) is 37.0 Å². The van der Waals surface area contributed by atoms with Crippen molar-refractivity contribution in [1.29, 1.82) is 0 Å². The molecule has 2 heteroatoms. The molecule has 0 aliphatic carbocycles. The molecule has 0 heterocycles. The fourth-order valence-electron chi connectivity index (χ4n) is 1.34. The molecule has 2 nitrogen and oxygen atoms in total. The third kappa shape index (κ3) is 3.21. The van der Waals surface area contributed by atoms with Crippen molar-refractivity contribution in [2.75, 3.05) is 6.54 Å². The Morgan fingerprint density at radius 3 is 2.57 bits per heavy atom. The minimum atomic E-state index is 0.0360. The summed E-state index contributed by atoms with van der Waals surface area (Å²) in [6.45, 7) is 6.47. The van der Waals surface area contributed by atoms with E-state index in [9.17, 15) is 4.79 Å². The zero-order valence-corrected chi connectivity index (χ0v) is 9.05. The van der Waals surface area contributed by atoms with Gasteiger partial charge in [0.25, 0.3) is 0 Å². The summed E-state index contributed by atoms with van der Waals surface area (Å²) >= 11 is 0. The van der Waals surface area contributed by atoms with Crippen LogP contribution >= 0.6 is 0 Å². The number of aryl methyl sites for hydroxylation is 2. The molecular weight excluding hydrogens is 174 g/mol. The third-order valence-electron chi connectivity index (χ3n) is 2.36. The maximum atomic E-state index is 10.6. The molecule has 0 radical (unpaired) electrons. The Balaban J connectivity index is 2.51. The molecule has 0 aliphatic rings. The first kappa shape index (κ1) is 10.8. The van der Waals surface area contributed by atoms with E-state index in [-0.39, 0.29) is 5.91 Å². The lowest BCUT2D eigenvalue weighted by Gasteiger charge is -2.05. The molecule has 0 unspecified atom stereocenters. The summed E-state index contributed by atoms with van der Waals surface area (Å²) in [5.41, 5.74) is 3.90. The lowest BCUT2D eigenvalue weighted by Crippen LogP contribution is -2.22. The molecule has 0 aliphatic heterocycles. The van der Waals surface area contributed by atoms with Gasteiger partial charge in [0.15, 0.2) is 0 Å². The first-order valence-electron chi connectivity index (χ1n) is 4.90. The van der Waals surface area contributed by atoms with Crippen LogP contribution in [0.5, 0.6) is 0 Å². The van der Waals surface area contributed by atoms with Crippen LogP contribution in [0.3, 0.4) is 0 Å². The van der Waals surface area contributed by atoms with Gasteiger partial charge in [-0.2, -0.15) is 0 Å². The molecule has 0 saturated heterocycles. The smallest absolute Gasteiger partial charge is 0.216 e. The van der Waals surface area contributed by atoms with Crippen molar-refractivity contribution in [3.63, 3.8) is 0 Å². The SMILES string of the molecule is CC(=O)NCCc1ccc(C)c(C)c1. The Morgan fingerprint density at radius 1 is 1.29 bits per heavy atom. The van der Waals surface area contributed by atoms with Crippen LogP contribution < -0.4 is 5.32 Å². The van der Waals surface area contributed by atoms with Crippen molar-refractivity contribution in [1.82, 2.24) is 5.32 Å². The summed E-state index contributed by atoms with van der Waals surface area (Å²) < 4.78 is 0. The van der Waals surface area contributed by atoms with E-state index in [1.165, 1.54) is 16.7 Å². The average Bonchev–Trinajstić information content (AvgIpc) is 2.10.